The number of anilines is 1. The number of aryl methyl sites for hydroxylation is 1. The number of para-hydroxylation sites is 2. The zero-order valence-corrected chi connectivity index (χ0v) is 17.2. The number of aromatic nitrogens is 4. The smallest absolute Gasteiger partial charge is 0.293 e. The summed E-state index contributed by atoms with van der Waals surface area (Å²) in [5.41, 5.74) is 3.25. The molecular formula is C23H23N5O2. The Morgan fingerprint density at radius 1 is 1.07 bits per heavy atom. The average Bonchev–Trinajstić information content (AvgIpc) is 3.17. The topological polar surface area (TPSA) is 81.8 Å². The van der Waals surface area contributed by atoms with Gasteiger partial charge in [-0.25, -0.2) is 9.36 Å². The molecule has 2 aromatic heterocycles. The van der Waals surface area contributed by atoms with Crippen molar-refractivity contribution in [3.05, 3.63) is 82.4 Å². The van der Waals surface area contributed by atoms with E-state index >= 15 is 0 Å². The van der Waals surface area contributed by atoms with Crippen molar-refractivity contribution in [2.75, 3.05) is 5.32 Å². The highest BCUT2D eigenvalue weighted by Gasteiger charge is 2.20. The summed E-state index contributed by atoms with van der Waals surface area (Å²) in [6.45, 7) is 5.75. The van der Waals surface area contributed by atoms with Crippen molar-refractivity contribution in [3.8, 4) is 5.69 Å². The van der Waals surface area contributed by atoms with Crippen LogP contribution in [-0.4, -0.2) is 25.5 Å². The van der Waals surface area contributed by atoms with Crippen molar-refractivity contribution in [2.45, 2.75) is 33.2 Å². The molecule has 0 aliphatic heterocycles. The van der Waals surface area contributed by atoms with E-state index in [1.54, 1.807) is 10.9 Å². The van der Waals surface area contributed by atoms with Gasteiger partial charge in [0.05, 0.1) is 17.6 Å². The van der Waals surface area contributed by atoms with Gasteiger partial charge in [0.1, 0.15) is 12.1 Å². The van der Waals surface area contributed by atoms with Gasteiger partial charge < -0.3 is 5.32 Å². The maximum Gasteiger partial charge on any atom is 0.293 e. The van der Waals surface area contributed by atoms with Crippen LogP contribution >= 0.6 is 0 Å². The lowest BCUT2D eigenvalue weighted by molar-refractivity contribution is -0.117. The first-order chi connectivity index (χ1) is 14.5. The molecule has 2 aromatic carbocycles. The third kappa shape index (κ3) is 3.61. The molecule has 7 heteroatoms. The van der Waals surface area contributed by atoms with Gasteiger partial charge in [-0.05, 0) is 36.6 Å². The molecule has 1 amide bonds. The van der Waals surface area contributed by atoms with Crippen molar-refractivity contribution in [2.24, 2.45) is 0 Å². The number of benzene rings is 2. The Labute approximate surface area is 174 Å². The molecule has 1 N–H and O–H groups in total. The van der Waals surface area contributed by atoms with Crippen LogP contribution in [0.5, 0.6) is 0 Å². The monoisotopic (exact) mass is 401 g/mol. The number of amides is 1. The maximum atomic E-state index is 13.3. The summed E-state index contributed by atoms with van der Waals surface area (Å²) in [6, 6.07) is 17.0. The van der Waals surface area contributed by atoms with Crippen LogP contribution in [0.1, 0.15) is 31.0 Å². The Morgan fingerprint density at radius 2 is 1.77 bits per heavy atom. The Kier molecular flexibility index (Phi) is 5.18. The van der Waals surface area contributed by atoms with E-state index in [1.165, 1.54) is 4.68 Å². The van der Waals surface area contributed by atoms with E-state index in [1.807, 2.05) is 75.4 Å². The minimum absolute atomic E-state index is 0.0622. The van der Waals surface area contributed by atoms with Gasteiger partial charge in [-0.1, -0.05) is 50.2 Å². The minimum atomic E-state index is -0.351. The molecule has 152 valence electrons. The fourth-order valence-corrected chi connectivity index (χ4v) is 3.43. The highest BCUT2D eigenvalue weighted by atomic mass is 16.2. The maximum absolute atomic E-state index is 13.3. The highest BCUT2D eigenvalue weighted by molar-refractivity contribution is 5.91. The van der Waals surface area contributed by atoms with Crippen LogP contribution in [-0.2, 0) is 11.3 Å². The zero-order chi connectivity index (χ0) is 21.3. The lowest BCUT2D eigenvalue weighted by atomic mass is 10.1. The predicted molar refractivity (Wildman–Crippen MR) is 117 cm³/mol. The summed E-state index contributed by atoms with van der Waals surface area (Å²) in [5, 5.41) is 12.5. The lowest BCUT2D eigenvalue weighted by Gasteiger charge is -2.13. The highest BCUT2D eigenvalue weighted by Crippen LogP contribution is 2.23. The number of fused-ring (bicyclic) bond motifs is 1. The average molecular weight is 401 g/mol. The molecular weight excluding hydrogens is 378 g/mol. The first kappa shape index (κ1) is 19.6. The third-order valence-electron chi connectivity index (χ3n) is 4.97. The molecule has 0 fully saturated rings. The minimum Gasteiger partial charge on any atom is -0.324 e. The summed E-state index contributed by atoms with van der Waals surface area (Å²) in [5.74, 6) is -0.245. The summed E-state index contributed by atoms with van der Waals surface area (Å²) in [7, 11) is 0. The zero-order valence-electron chi connectivity index (χ0n) is 17.2. The molecule has 0 unspecified atom stereocenters. The van der Waals surface area contributed by atoms with Crippen molar-refractivity contribution in [1.82, 2.24) is 19.6 Å². The van der Waals surface area contributed by atoms with E-state index in [2.05, 4.69) is 15.5 Å². The predicted octanol–water partition coefficient (Wildman–Crippen LogP) is 3.65. The van der Waals surface area contributed by atoms with Crippen molar-refractivity contribution in [3.63, 3.8) is 0 Å². The van der Waals surface area contributed by atoms with Gasteiger partial charge in [-0.15, -0.1) is 0 Å². The van der Waals surface area contributed by atoms with E-state index in [-0.39, 0.29) is 23.9 Å². The van der Waals surface area contributed by atoms with Crippen molar-refractivity contribution in [1.29, 1.82) is 0 Å². The number of carbonyl (C=O) groups excluding carboxylic acids is 1. The van der Waals surface area contributed by atoms with Crippen LogP contribution in [0.2, 0.25) is 0 Å². The molecule has 0 spiro atoms. The molecule has 4 rings (SSSR count). The first-order valence-electron chi connectivity index (χ1n) is 9.85. The van der Waals surface area contributed by atoms with E-state index in [0.29, 0.717) is 10.9 Å². The summed E-state index contributed by atoms with van der Waals surface area (Å²) < 4.78 is 2.84. The largest absolute Gasteiger partial charge is 0.324 e. The molecule has 0 radical (unpaired) electrons. The molecule has 0 atom stereocenters. The molecule has 0 saturated carbocycles. The second-order valence-electron chi connectivity index (χ2n) is 7.52. The van der Waals surface area contributed by atoms with Crippen LogP contribution in [0.3, 0.4) is 0 Å². The number of carbonyl (C=O) groups is 1. The Morgan fingerprint density at radius 3 is 2.47 bits per heavy atom. The molecule has 7 nitrogen and oxygen atoms in total. The van der Waals surface area contributed by atoms with Gasteiger partial charge in [0, 0.05) is 11.1 Å². The first-order valence-corrected chi connectivity index (χ1v) is 9.85. The van der Waals surface area contributed by atoms with Crippen LogP contribution in [0, 0.1) is 6.92 Å². The van der Waals surface area contributed by atoms with Crippen molar-refractivity contribution >= 4 is 22.5 Å². The molecule has 0 aliphatic carbocycles. The quantitative estimate of drug-likeness (QED) is 0.553. The summed E-state index contributed by atoms with van der Waals surface area (Å²) in [4.78, 5) is 25.9. The van der Waals surface area contributed by atoms with Gasteiger partial charge in [-0.3, -0.25) is 9.59 Å². The fourth-order valence-electron chi connectivity index (χ4n) is 3.43. The number of hydrogen-bond donors (Lipinski definition) is 1. The van der Waals surface area contributed by atoms with Crippen LogP contribution < -0.4 is 10.9 Å². The van der Waals surface area contributed by atoms with E-state index < -0.39 is 0 Å². The van der Waals surface area contributed by atoms with Gasteiger partial charge >= 0.3 is 0 Å². The SMILES string of the molecule is Cc1ccccc1NC(=O)Cn1nc(C(C)C)c2cnn(-c3ccccc3)c2c1=O. The Hall–Kier alpha value is -3.74. The lowest BCUT2D eigenvalue weighted by Crippen LogP contribution is -2.31. The second kappa shape index (κ2) is 7.94. The third-order valence-corrected chi connectivity index (χ3v) is 4.97. The Bertz CT molecular complexity index is 1270. The molecule has 4 aromatic rings. The van der Waals surface area contributed by atoms with E-state index in [0.717, 1.165) is 22.6 Å². The van der Waals surface area contributed by atoms with Gasteiger partial charge in [0.15, 0.2) is 0 Å². The van der Waals surface area contributed by atoms with E-state index in [9.17, 15) is 9.59 Å². The normalized spacial score (nSPS) is 11.2. The molecule has 0 aliphatic rings. The Balaban J connectivity index is 1.78. The van der Waals surface area contributed by atoms with Gasteiger partial charge in [-0.2, -0.15) is 10.2 Å². The van der Waals surface area contributed by atoms with Gasteiger partial charge in [0.25, 0.3) is 5.56 Å². The van der Waals surface area contributed by atoms with Gasteiger partial charge in [0.2, 0.25) is 5.91 Å². The molecule has 0 saturated heterocycles. The molecule has 30 heavy (non-hydrogen) atoms. The van der Waals surface area contributed by atoms with E-state index in [4.69, 9.17) is 0 Å². The summed E-state index contributed by atoms with van der Waals surface area (Å²) >= 11 is 0. The van der Waals surface area contributed by atoms with Crippen LogP contribution in [0.4, 0.5) is 5.69 Å². The number of nitrogens with zero attached hydrogens (tertiary/aromatic N) is 4. The fraction of sp³-hybridized carbons (Fsp3) is 0.217. The summed E-state index contributed by atoms with van der Waals surface area (Å²) in [6.07, 6.45) is 1.67. The van der Waals surface area contributed by atoms with Crippen LogP contribution in [0.25, 0.3) is 16.6 Å². The van der Waals surface area contributed by atoms with Crippen molar-refractivity contribution < 1.29 is 4.79 Å². The number of nitrogens with one attached hydrogen (secondary N) is 1. The number of rotatable bonds is 5. The molecule has 0 bridgehead atoms. The standard InChI is InChI=1S/C23H23N5O2/c1-15(2)21-18-13-24-28(17-10-5-4-6-11-17)22(18)23(30)27(26-21)14-20(29)25-19-12-8-7-9-16(19)3/h4-13,15H,14H2,1-3H3,(H,25,29). The van der Waals surface area contributed by atoms with Crippen LogP contribution in [0.15, 0.2) is 65.6 Å². The second-order valence-corrected chi connectivity index (χ2v) is 7.52. The number of hydrogen-bond acceptors (Lipinski definition) is 4. The molecule has 2 heterocycles.